The minimum Gasteiger partial charge on any atom is -0.352 e. The summed E-state index contributed by atoms with van der Waals surface area (Å²) in [6.07, 6.45) is 6.59. The van der Waals surface area contributed by atoms with Crippen molar-refractivity contribution in [1.29, 1.82) is 0 Å². The van der Waals surface area contributed by atoms with Crippen molar-refractivity contribution in [3.05, 3.63) is 58.9 Å². The van der Waals surface area contributed by atoms with Crippen LogP contribution in [0.25, 0.3) is 11.1 Å². The lowest BCUT2D eigenvalue weighted by Crippen LogP contribution is -2.38. The van der Waals surface area contributed by atoms with Crippen molar-refractivity contribution in [2.45, 2.75) is 57.7 Å². The van der Waals surface area contributed by atoms with E-state index in [0.29, 0.717) is 28.3 Å². The SMILES string of the molecule is CCCC1COC(C2CCC(c3ccc(-c4ccc(Cl)cc4)c(F)c3)CC2)OC1. The van der Waals surface area contributed by atoms with Gasteiger partial charge in [0.1, 0.15) is 5.82 Å². The molecule has 4 heteroatoms. The van der Waals surface area contributed by atoms with Gasteiger partial charge in [0.05, 0.1) is 13.2 Å². The fraction of sp³-hybridized carbons (Fsp3) is 0.520. The summed E-state index contributed by atoms with van der Waals surface area (Å²) in [5, 5.41) is 0.661. The van der Waals surface area contributed by atoms with Crippen LogP contribution in [0.1, 0.15) is 56.9 Å². The quantitative estimate of drug-likeness (QED) is 0.512. The first kappa shape index (κ1) is 20.8. The zero-order valence-electron chi connectivity index (χ0n) is 17.1. The van der Waals surface area contributed by atoms with Gasteiger partial charge in [-0.2, -0.15) is 0 Å². The fourth-order valence-electron chi connectivity index (χ4n) is 4.78. The van der Waals surface area contributed by atoms with Crippen LogP contribution < -0.4 is 0 Å². The third kappa shape index (κ3) is 5.02. The molecule has 29 heavy (non-hydrogen) atoms. The topological polar surface area (TPSA) is 18.5 Å². The third-order valence-electron chi connectivity index (χ3n) is 6.47. The molecule has 0 unspecified atom stereocenters. The molecule has 1 saturated heterocycles. The van der Waals surface area contributed by atoms with E-state index in [-0.39, 0.29) is 12.1 Å². The van der Waals surface area contributed by atoms with E-state index >= 15 is 0 Å². The largest absolute Gasteiger partial charge is 0.352 e. The smallest absolute Gasteiger partial charge is 0.160 e. The second kappa shape index (κ2) is 9.59. The molecule has 1 saturated carbocycles. The van der Waals surface area contributed by atoms with Crippen molar-refractivity contribution in [3.8, 4) is 11.1 Å². The van der Waals surface area contributed by atoms with Gasteiger partial charge >= 0.3 is 0 Å². The Kier molecular flexibility index (Phi) is 6.89. The number of rotatable bonds is 5. The minimum absolute atomic E-state index is 0.0481. The molecule has 0 amide bonds. The van der Waals surface area contributed by atoms with E-state index in [0.717, 1.165) is 50.0 Å². The van der Waals surface area contributed by atoms with Gasteiger partial charge in [-0.05, 0) is 67.3 Å². The Bertz CT molecular complexity index is 791. The summed E-state index contributed by atoms with van der Waals surface area (Å²) >= 11 is 5.94. The van der Waals surface area contributed by atoms with Crippen LogP contribution in [0.4, 0.5) is 4.39 Å². The van der Waals surface area contributed by atoms with Crippen LogP contribution in [0.3, 0.4) is 0 Å². The van der Waals surface area contributed by atoms with Gasteiger partial charge < -0.3 is 9.47 Å². The molecule has 2 aromatic carbocycles. The molecule has 2 aliphatic rings. The zero-order chi connectivity index (χ0) is 20.2. The van der Waals surface area contributed by atoms with E-state index in [1.807, 2.05) is 18.2 Å². The lowest BCUT2D eigenvalue weighted by atomic mass is 9.78. The van der Waals surface area contributed by atoms with Gasteiger partial charge in [0.2, 0.25) is 0 Å². The maximum atomic E-state index is 14.8. The monoisotopic (exact) mass is 416 g/mol. The maximum absolute atomic E-state index is 14.8. The van der Waals surface area contributed by atoms with Crippen molar-refractivity contribution >= 4 is 11.6 Å². The highest BCUT2D eigenvalue weighted by Gasteiger charge is 2.32. The Morgan fingerprint density at radius 2 is 1.66 bits per heavy atom. The molecule has 156 valence electrons. The first-order chi connectivity index (χ1) is 14.1. The summed E-state index contributed by atoms with van der Waals surface area (Å²) in [6.45, 7) is 3.86. The zero-order valence-corrected chi connectivity index (χ0v) is 17.8. The lowest BCUT2D eigenvalue weighted by Gasteiger charge is -2.37. The van der Waals surface area contributed by atoms with Crippen LogP contribution in [0.15, 0.2) is 42.5 Å². The Labute approximate surface area is 178 Å². The molecule has 0 radical (unpaired) electrons. The van der Waals surface area contributed by atoms with Gasteiger partial charge in [-0.15, -0.1) is 0 Å². The summed E-state index contributed by atoms with van der Waals surface area (Å²) in [4.78, 5) is 0. The van der Waals surface area contributed by atoms with Gasteiger partial charge in [0.15, 0.2) is 6.29 Å². The third-order valence-corrected chi connectivity index (χ3v) is 6.72. The van der Waals surface area contributed by atoms with Crippen LogP contribution in [-0.2, 0) is 9.47 Å². The average molecular weight is 417 g/mol. The van der Waals surface area contributed by atoms with Crippen molar-refractivity contribution in [3.63, 3.8) is 0 Å². The Morgan fingerprint density at radius 3 is 2.28 bits per heavy atom. The van der Waals surface area contributed by atoms with Crippen LogP contribution in [0.2, 0.25) is 5.02 Å². The molecule has 0 aromatic heterocycles. The van der Waals surface area contributed by atoms with Gasteiger partial charge in [0, 0.05) is 22.4 Å². The van der Waals surface area contributed by atoms with E-state index in [1.165, 1.54) is 12.8 Å². The molecule has 1 aliphatic heterocycles. The highest BCUT2D eigenvalue weighted by atomic mass is 35.5. The average Bonchev–Trinajstić information content (AvgIpc) is 2.75. The van der Waals surface area contributed by atoms with E-state index in [1.54, 1.807) is 18.2 Å². The predicted octanol–water partition coefficient (Wildman–Crippen LogP) is 7.21. The van der Waals surface area contributed by atoms with E-state index < -0.39 is 0 Å². The number of ether oxygens (including phenoxy) is 2. The van der Waals surface area contributed by atoms with Crippen LogP contribution in [0, 0.1) is 17.7 Å². The Balaban J connectivity index is 1.34. The highest BCUT2D eigenvalue weighted by molar-refractivity contribution is 6.30. The number of hydrogen-bond acceptors (Lipinski definition) is 2. The molecule has 0 spiro atoms. The normalized spacial score (nSPS) is 27.7. The molecular formula is C25H30ClFO2. The van der Waals surface area contributed by atoms with E-state index in [9.17, 15) is 4.39 Å². The van der Waals surface area contributed by atoms with Crippen LogP contribution in [-0.4, -0.2) is 19.5 Å². The maximum Gasteiger partial charge on any atom is 0.160 e. The molecule has 1 heterocycles. The van der Waals surface area contributed by atoms with Gasteiger partial charge in [-0.1, -0.05) is 49.2 Å². The summed E-state index contributed by atoms with van der Waals surface area (Å²) in [5.74, 6) is 1.27. The van der Waals surface area contributed by atoms with Crippen molar-refractivity contribution < 1.29 is 13.9 Å². The van der Waals surface area contributed by atoms with Crippen molar-refractivity contribution in [2.75, 3.05) is 13.2 Å². The van der Waals surface area contributed by atoms with Crippen LogP contribution in [0.5, 0.6) is 0 Å². The Hall–Kier alpha value is -1.42. The van der Waals surface area contributed by atoms with Crippen molar-refractivity contribution in [1.82, 2.24) is 0 Å². The second-order valence-electron chi connectivity index (χ2n) is 8.55. The molecule has 4 rings (SSSR count). The first-order valence-electron chi connectivity index (χ1n) is 10.9. The molecule has 2 nitrogen and oxygen atoms in total. The molecule has 0 N–H and O–H groups in total. The van der Waals surface area contributed by atoms with Gasteiger partial charge in [0.25, 0.3) is 0 Å². The Morgan fingerprint density at radius 1 is 0.966 bits per heavy atom. The summed E-state index contributed by atoms with van der Waals surface area (Å²) in [6, 6.07) is 13.0. The molecule has 0 bridgehead atoms. The molecule has 2 fully saturated rings. The lowest BCUT2D eigenvalue weighted by molar-refractivity contribution is -0.229. The predicted molar refractivity (Wildman–Crippen MR) is 116 cm³/mol. The fourth-order valence-corrected chi connectivity index (χ4v) is 4.90. The summed E-state index contributed by atoms with van der Waals surface area (Å²) < 4.78 is 26.8. The molecule has 0 atom stereocenters. The highest BCUT2D eigenvalue weighted by Crippen LogP contribution is 2.40. The molecular weight excluding hydrogens is 387 g/mol. The molecule has 1 aliphatic carbocycles. The number of benzene rings is 2. The van der Waals surface area contributed by atoms with Gasteiger partial charge in [-0.3, -0.25) is 0 Å². The first-order valence-corrected chi connectivity index (χ1v) is 11.3. The van der Waals surface area contributed by atoms with Crippen molar-refractivity contribution in [2.24, 2.45) is 11.8 Å². The second-order valence-corrected chi connectivity index (χ2v) is 8.98. The minimum atomic E-state index is -0.159. The van der Waals surface area contributed by atoms with E-state index in [4.69, 9.17) is 21.1 Å². The number of hydrogen-bond donors (Lipinski definition) is 0. The van der Waals surface area contributed by atoms with Crippen LogP contribution >= 0.6 is 11.6 Å². The molecule has 2 aromatic rings. The summed E-state index contributed by atoms with van der Waals surface area (Å²) in [7, 11) is 0. The number of halogens is 2. The standard InChI is InChI=1S/C25H30ClFO2/c1-2-3-17-15-28-25(29-16-17)20-6-4-18(5-7-20)21-10-13-23(24(27)14-21)19-8-11-22(26)12-9-19/h8-14,17-18,20,25H,2-7,15-16H2,1H3. The van der Waals surface area contributed by atoms with Gasteiger partial charge in [-0.25, -0.2) is 4.39 Å². The summed E-state index contributed by atoms with van der Waals surface area (Å²) in [5.41, 5.74) is 2.59. The van der Waals surface area contributed by atoms with E-state index in [2.05, 4.69) is 13.0 Å².